The number of aryl methyl sites for hydroxylation is 1. The van der Waals surface area contributed by atoms with E-state index in [1.165, 1.54) is 0 Å². The van der Waals surface area contributed by atoms with Crippen LogP contribution < -0.4 is 0 Å². The number of carbonyl (C=O) groups is 1. The number of aromatic nitrogens is 4. The number of likely N-dealkylation sites (tertiary alicyclic amines) is 1. The maximum Gasteiger partial charge on any atom is 0.225 e. The van der Waals surface area contributed by atoms with Gasteiger partial charge in [0.25, 0.3) is 0 Å². The SMILES string of the molecule is Cc1ccc(CN2CCn3c(nnc3[C@@H]3C[C@@H](O)CN3C(=O)C(C)C)C2)nc1. The van der Waals surface area contributed by atoms with Gasteiger partial charge in [0.05, 0.1) is 24.4 Å². The Labute approximate surface area is 165 Å². The first-order valence-corrected chi connectivity index (χ1v) is 9.96. The summed E-state index contributed by atoms with van der Waals surface area (Å²) in [5.74, 6) is 1.66. The van der Waals surface area contributed by atoms with E-state index in [0.29, 0.717) is 19.5 Å². The predicted molar refractivity (Wildman–Crippen MR) is 103 cm³/mol. The van der Waals surface area contributed by atoms with Crippen molar-refractivity contribution >= 4 is 5.91 Å². The van der Waals surface area contributed by atoms with E-state index in [2.05, 4.69) is 36.8 Å². The van der Waals surface area contributed by atoms with E-state index in [1.807, 2.05) is 27.0 Å². The van der Waals surface area contributed by atoms with Crippen LogP contribution in [0.25, 0.3) is 0 Å². The van der Waals surface area contributed by atoms with E-state index in [0.717, 1.165) is 42.5 Å². The first-order chi connectivity index (χ1) is 13.4. The molecule has 2 aromatic heterocycles. The van der Waals surface area contributed by atoms with Crippen LogP contribution in [0, 0.1) is 12.8 Å². The van der Waals surface area contributed by atoms with Crippen molar-refractivity contribution in [3.8, 4) is 0 Å². The van der Waals surface area contributed by atoms with Crippen LogP contribution >= 0.6 is 0 Å². The highest BCUT2D eigenvalue weighted by atomic mass is 16.3. The molecule has 2 atom stereocenters. The molecule has 0 aliphatic carbocycles. The lowest BCUT2D eigenvalue weighted by Gasteiger charge is -2.30. The van der Waals surface area contributed by atoms with Gasteiger partial charge >= 0.3 is 0 Å². The molecule has 2 aromatic rings. The molecule has 150 valence electrons. The van der Waals surface area contributed by atoms with Crippen LogP contribution in [0.3, 0.4) is 0 Å². The standard InChI is InChI=1S/C20H28N6O2/c1-13(2)20(28)26-11-16(27)8-17(26)19-23-22-18-12-24(6-7-25(18)19)10-15-5-4-14(3)9-21-15/h4-5,9,13,16-17,27H,6-8,10-12H2,1-3H3/t16-,17+/m1/s1. The minimum Gasteiger partial charge on any atom is -0.391 e. The molecule has 0 radical (unpaired) electrons. The van der Waals surface area contributed by atoms with Gasteiger partial charge in [-0.1, -0.05) is 19.9 Å². The number of carbonyl (C=O) groups excluding carboxylic acids is 1. The van der Waals surface area contributed by atoms with Gasteiger partial charge in [0, 0.05) is 44.7 Å². The smallest absolute Gasteiger partial charge is 0.225 e. The second-order valence-corrected chi connectivity index (χ2v) is 8.21. The molecule has 1 N–H and O–H groups in total. The van der Waals surface area contributed by atoms with Gasteiger partial charge in [-0.2, -0.15) is 0 Å². The molecule has 28 heavy (non-hydrogen) atoms. The monoisotopic (exact) mass is 384 g/mol. The molecule has 4 heterocycles. The average Bonchev–Trinajstić information content (AvgIpc) is 3.25. The quantitative estimate of drug-likeness (QED) is 0.855. The topological polar surface area (TPSA) is 87.4 Å². The zero-order valence-electron chi connectivity index (χ0n) is 16.7. The fraction of sp³-hybridized carbons (Fsp3) is 0.600. The highest BCUT2D eigenvalue weighted by molar-refractivity contribution is 5.78. The lowest BCUT2D eigenvalue weighted by atomic mass is 10.1. The Balaban J connectivity index is 1.50. The van der Waals surface area contributed by atoms with Crippen molar-refractivity contribution in [3.63, 3.8) is 0 Å². The molecule has 0 saturated carbocycles. The number of nitrogens with zero attached hydrogens (tertiary/aromatic N) is 6. The van der Waals surface area contributed by atoms with E-state index < -0.39 is 6.10 Å². The molecule has 0 unspecified atom stereocenters. The molecule has 2 aliphatic heterocycles. The Morgan fingerprint density at radius 2 is 2.11 bits per heavy atom. The maximum absolute atomic E-state index is 12.6. The zero-order valence-corrected chi connectivity index (χ0v) is 16.7. The van der Waals surface area contributed by atoms with Gasteiger partial charge in [0.15, 0.2) is 5.82 Å². The molecule has 1 saturated heterocycles. The first-order valence-electron chi connectivity index (χ1n) is 9.96. The van der Waals surface area contributed by atoms with Gasteiger partial charge in [-0.25, -0.2) is 0 Å². The van der Waals surface area contributed by atoms with E-state index >= 15 is 0 Å². The van der Waals surface area contributed by atoms with Gasteiger partial charge in [-0.3, -0.25) is 14.7 Å². The highest BCUT2D eigenvalue weighted by Crippen LogP contribution is 2.33. The van der Waals surface area contributed by atoms with Crippen molar-refractivity contribution in [2.75, 3.05) is 13.1 Å². The Morgan fingerprint density at radius 3 is 2.82 bits per heavy atom. The lowest BCUT2D eigenvalue weighted by Crippen LogP contribution is -2.38. The van der Waals surface area contributed by atoms with E-state index in [4.69, 9.17) is 0 Å². The summed E-state index contributed by atoms with van der Waals surface area (Å²) in [6.45, 7) is 9.32. The third-order valence-electron chi connectivity index (χ3n) is 5.57. The second kappa shape index (κ2) is 7.60. The summed E-state index contributed by atoms with van der Waals surface area (Å²) < 4.78 is 2.13. The minimum absolute atomic E-state index is 0.0572. The summed E-state index contributed by atoms with van der Waals surface area (Å²) in [4.78, 5) is 21.2. The zero-order chi connectivity index (χ0) is 19.8. The van der Waals surface area contributed by atoms with Crippen molar-refractivity contribution in [3.05, 3.63) is 41.2 Å². The molecule has 0 bridgehead atoms. The molecule has 4 rings (SSSR count). The van der Waals surface area contributed by atoms with Crippen LogP contribution in [0.15, 0.2) is 18.3 Å². The van der Waals surface area contributed by atoms with Crippen LogP contribution in [-0.4, -0.2) is 59.8 Å². The molecule has 8 heteroatoms. The predicted octanol–water partition coefficient (Wildman–Crippen LogP) is 1.29. The molecule has 2 aliphatic rings. The fourth-order valence-electron chi connectivity index (χ4n) is 4.07. The third-order valence-corrected chi connectivity index (χ3v) is 5.57. The molecular formula is C20H28N6O2. The van der Waals surface area contributed by atoms with Gasteiger partial charge in [-0.05, 0) is 18.6 Å². The summed E-state index contributed by atoms with van der Waals surface area (Å²) in [5.41, 5.74) is 2.21. The Hall–Kier alpha value is -2.32. The Bertz CT molecular complexity index is 847. The van der Waals surface area contributed by atoms with Crippen molar-refractivity contribution in [1.29, 1.82) is 0 Å². The summed E-state index contributed by atoms with van der Waals surface area (Å²) in [5, 5.41) is 19.0. The normalized spacial score (nSPS) is 22.7. The third kappa shape index (κ3) is 3.66. The number of β-amino-alcohol motifs (C(OH)–C–C–N with tert-alkyl or cyclic N) is 1. The van der Waals surface area contributed by atoms with Crippen molar-refractivity contribution < 1.29 is 9.90 Å². The molecule has 1 amide bonds. The number of fused-ring (bicyclic) bond motifs is 1. The summed E-state index contributed by atoms with van der Waals surface area (Å²) in [6, 6.07) is 3.95. The Morgan fingerprint density at radius 1 is 1.29 bits per heavy atom. The summed E-state index contributed by atoms with van der Waals surface area (Å²) >= 11 is 0. The average molecular weight is 384 g/mol. The second-order valence-electron chi connectivity index (χ2n) is 8.21. The molecular weight excluding hydrogens is 356 g/mol. The molecule has 8 nitrogen and oxygen atoms in total. The van der Waals surface area contributed by atoms with E-state index in [9.17, 15) is 9.90 Å². The van der Waals surface area contributed by atoms with Crippen molar-refractivity contribution in [1.82, 2.24) is 29.5 Å². The number of aliphatic hydroxyl groups excluding tert-OH is 1. The highest BCUT2D eigenvalue weighted by Gasteiger charge is 2.39. The van der Waals surface area contributed by atoms with Gasteiger partial charge < -0.3 is 14.6 Å². The number of pyridine rings is 1. The Kier molecular flexibility index (Phi) is 5.16. The number of aliphatic hydroxyl groups is 1. The minimum atomic E-state index is -0.506. The maximum atomic E-state index is 12.6. The van der Waals surface area contributed by atoms with Crippen LogP contribution in [0.1, 0.15) is 49.2 Å². The van der Waals surface area contributed by atoms with Crippen LogP contribution in [0.4, 0.5) is 0 Å². The van der Waals surface area contributed by atoms with E-state index in [1.54, 1.807) is 4.90 Å². The van der Waals surface area contributed by atoms with E-state index in [-0.39, 0.29) is 17.9 Å². The lowest BCUT2D eigenvalue weighted by molar-refractivity contribution is -0.135. The summed E-state index contributed by atoms with van der Waals surface area (Å²) in [6.07, 6.45) is 1.91. The molecule has 0 aromatic carbocycles. The van der Waals surface area contributed by atoms with Crippen molar-refractivity contribution in [2.24, 2.45) is 5.92 Å². The van der Waals surface area contributed by atoms with Crippen LogP contribution in [0.5, 0.6) is 0 Å². The number of hydrogen-bond donors (Lipinski definition) is 1. The van der Waals surface area contributed by atoms with Crippen LogP contribution in [-0.2, 0) is 24.4 Å². The summed E-state index contributed by atoms with van der Waals surface area (Å²) in [7, 11) is 0. The number of amides is 1. The van der Waals surface area contributed by atoms with Gasteiger partial charge in [-0.15, -0.1) is 10.2 Å². The number of rotatable bonds is 4. The van der Waals surface area contributed by atoms with Gasteiger partial charge in [0.2, 0.25) is 5.91 Å². The van der Waals surface area contributed by atoms with Crippen molar-refractivity contribution in [2.45, 2.75) is 59.0 Å². The first kappa shape index (κ1) is 19.0. The largest absolute Gasteiger partial charge is 0.391 e. The number of hydrogen-bond acceptors (Lipinski definition) is 6. The van der Waals surface area contributed by atoms with Gasteiger partial charge in [0.1, 0.15) is 5.82 Å². The molecule has 0 spiro atoms. The van der Waals surface area contributed by atoms with Crippen LogP contribution in [0.2, 0.25) is 0 Å². The fourth-order valence-corrected chi connectivity index (χ4v) is 4.07. The molecule has 1 fully saturated rings.